The highest BCUT2D eigenvalue weighted by Crippen LogP contribution is 2.27. The number of carbonyl (C=O) groups excluding carboxylic acids is 1. The maximum Gasteiger partial charge on any atom is 0.248 e. The van der Waals surface area contributed by atoms with Crippen molar-refractivity contribution in [2.24, 2.45) is 5.73 Å². The van der Waals surface area contributed by atoms with Gasteiger partial charge >= 0.3 is 0 Å². The summed E-state index contributed by atoms with van der Waals surface area (Å²) in [6.45, 7) is 2.95. The maximum atomic E-state index is 11.3. The molecule has 2 N–H and O–H groups in total. The number of benzene rings is 2. The van der Waals surface area contributed by atoms with Crippen molar-refractivity contribution in [1.82, 2.24) is 4.90 Å². The molecule has 0 fully saturated rings. The monoisotopic (exact) mass is 321 g/mol. The van der Waals surface area contributed by atoms with Crippen LogP contribution in [0, 0.1) is 0 Å². The molecule has 2 aromatic carbocycles. The molecule has 0 radical (unpaired) electrons. The van der Waals surface area contributed by atoms with Crippen molar-refractivity contribution in [2.75, 3.05) is 31.6 Å². The van der Waals surface area contributed by atoms with Crippen LogP contribution in [0.25, 0.3) is 0 Å². The molecule has 0 spiro atoms. The van der Waals surface area contributed by atoms with Gasteiger partial charge in [-0.25, -0.2) is 0 Å². The van der Waals surface area contributed by atoms with Crippen molar-refractivity contribution >= 4 is 11.6 Å². The van der Waals surface area contributed by atoms with Gasteiger partial charge in [-0.15, -0.1) is 0 Å². The lowest BCUT2D eigenvalue weighted by Crippen LogP contribution is -2.35. The predicted molar refractivity (Wildman–Crippen MR) is 98.1 cm³/mol. The number of amides is 1. The molecule has 1 aliphatic rings. The lowest BCUT2D eigenvalue weighted by atomic mass is 10.0. The average molecular weight is 321 g/mol. The lowest BCUT2D eigenvalue weighted by Gasteiger charge is -2.33. The van der Waals surface area contributed by atoms with Crippen LogP contribution >= 0.6 is 0 Å². The number of hydrogen-bond donors (Lipinski definition) is 1. The zero-order chi connectivity index (χ0) is 16.9. The molecule has 0 saturated carbocycles. The molecule has 1 aliphatic heterocycles. The van der Waals surface area contributed by atoms with Gasteiger partial charge in [0.05, 0.1) is 6.04 Å². The SMILES string of the molecule is CN(c1ccc(C(N)=O)cc1)C(CN1CC=CC1)c1ccccc1. The minimum Gasteiger partial charge on any atom is -0.366 e. The average Bonchev–Trinajstić information content (AvgIpc) is 3.13. The van der Waals surface area contributed by atoms with E-state index in [4.69, 9.17) is 5.73 Å². The van der Waals surface area contributed by atoms with Crippen LogP contribution in [0.2, 0.25) is 0 Å². The van der Waals surface area contributed by atoms with E-state index in [9.17, 15) is 4.79 Å². The van der Waals surface area contributed by atoms with Gasteiger partial charge in [-0.05, 0) is 29.8 Å². The summed E-state index contributed by atoms with van der Waals surface area (Å²) >= 11 is 0. The van der Waals surface area contributed by atoms with Crippen LogP contribution < -0.4 is 10.6 Å². The Bertz CT molecular complexity index is 701. The highest BCUT2D eigenvalue weighted by Gasteiger charge is 2.21. The van der Waals surface area contributed by atoms with E-state index in [1.807, 2.05) is 18.2 Å². The van der Waals surface area contributed by atoms with Crippen LogP contribution in [0.3, 0.4) is 0 Å². The molecule has 124 valence electrons. The highest BCUT2D eigenvalue weighted by atomic mass is 16.1. The molecule has 4 nitrogen and oxygen atoms in total. The van der Waals surface area contributed by atoms with Crippen LogP contribution in [0.15, 0.2) is 66.7 Å². The zero-order valence-corrected chi connectivity index (χ0v) is 13.9. The van der Waals surface area contributed by atoms with Crippen molar-refractivity contribution in [2.45, 2.75) is 6.04 Å². The van der Waals surface area contributed by atoms with Crippen molar-refractivity contribution < 1.29 is 4.79 Å². The second-order valence-electron chi connectivity index (χ2n) is 6.14. The third-order valence-corrected chi connectivity index (χ3v) is 4.54. The van der Waals surface area contributed by atoms with Gasteiger partial charge in [-0.2, -0.15) is 0 Å². The van der Waals surface area contributed by atoms with Gasteiger partial charge < -0.3 is 10.6 Å². The molecular weight excluding hydrogens is 298 g/mol. The number of carbonyl (C=O) groups is 1. The highest BCUT2D eigenvalue weighted by molar-refractivity contribution is 5.93. The van der Waals surface area contributed by atoms with Crippen molar-refractivity contribution in [3.63, 3.8) is 0 Å². The number of rotatable bonds is 6. The quantitative estimate of drug-likeness (QED) is 0.832. The molecule has 1 unspecified atom stereocenters. The van der Waals surface area contributed by atoms with E-state index in [0.717, 1.165) is 25.3 Å². The summed E-state index contributed by atoms with van der Waals surface area (Å²) in [5.41, 5.74) is 8.22. The Morgan fingerprint density at radius 1 is 1.08 bits per heavy atom. The molecule has 1 amide bonds. The van der Waals surface area contributed by atoms with Gasteiger partial charge in [-0.3, -0.25) is 9.69 Å². The minimum atomic E-state index is -0.396. The van der Waals surface area contributed by atoms with Crippen LogP contribution in [0.1, 0.15) is 22.0 Å². The molecular formula is C20H23N3O. The first kappa shape index (κ1) is 16.3. The summed E-state index contributed by atoms with van der Waals surface area (Å²) in [6, 6.07) is 18.3. The Morgan fingerprint density at radius 2 is 1.71 bits per heavy atom. The first-order valence-corrected chi connectivity index (χ1v) is 8.20. The number of likely N-dealkylation sites (N-methyl/N-ethyl adjacent to an activating group) is 1. The molecule has 3 rings (SSSR count). The third-order valence-electron chi connectivity index (χ3n) is 4.54. The molecule has 0 bridgehead atoms. The van der Waals surface area contributed by atoms with E-state index in [0.29, 0.717) is 5.56 Å². The summed E-state index contributed by atoms with van der Waals surface area (Å²) in [6.07, 6.45) is 4.42. The normalized spacial score (nSPS) is 15.4. The Labute approximate surface area is 143 Å². The summed E-state index contributed by atoms with van der Waals surface area (Å²) in [4.78, 5) is 15.9. The summed E-state index contributed by atoms with van der Waals surface area (Å²) in [5, 5.41) is 0. The van der Waals surface area contributed by atoms with Gasteiger partial charge in [0, 0.05) is 37.9 Å². The third kappa shape index (κ3) is 3.66. The number of nitrogens with zero attached hydrogens (tertiary/aromatic N) is 2. The van der Waals surface area contributed by atoms with Crippen LogP contribution in [-0.4, -0.2) is 37.5 Å². The minimum absolute atomic E-state index is 0.241. The first-order chi connectivity index (χ1) is 11.6. The second kappa shape index (κ2) is 7.32. The van der Waals surface area contributed by atoms with E-state index in [1.54, 1.807) is 12.1 Å². The number of hydrogen-bond acceptors (Lipinski definition) is 3. The van der Waals surface area contributed by atoms with Gasteiger partial charge in [0.2, 0.25) is 5.91 Å². The molecule has 0 saturated heterocycles. The van der Waals surface area contributed by atoms with E-state index >= 15 is 0 Å². The van der Waals surface area contributed by atoms with Gasteiger partial charge in [0.25, 0.3) is 0 Å². The number of nitrogens with two attached hydrogens (primary N) is 1. The standard InChI is InChI=1S/C20H23N3O/c1-22(18-11-9-17(10-12-18)20(21)24)19(15-23-13-5-6-14-23)16-7-3-2-4-8-16/h2-12,19H,13-15H2,1H3,(H2,21,24). The Morgan fingerprint density at radius 3 is 2.29 bits per heavy atom. The van der Waals surface area contributed by atoms with E-state index in [1.165, 1.54) is 5.56 Å². The van der Waals surface area contributed by atoms with E-state index in [-0.39, 0.29) is 6.04 Å². The van der Waals surface area contributed by atoms with Crippen LogP contribution in [0.4, 0.5) is 5.69 Å². The van der Waals surface area contributed by atoms with Crippen molar-refractivity contribution in [1.29, 1.82) is 0 Å². The van der Waals surface area contributed by atoms with Gasteiger partial charge in [0.1, 0.15) is 0 Å². The molecule has 0 aliphatic carbocycles. The topological polar surface area (TPSA) is 49.6 Å². The Kier molecular flexibility index (Phi) is 4.96. The van der Waals surface area contributed by atoms with Crippen molar-refractivity contribution in [3.8, 4) is 0 Å². The zero-order valence-electron chi connectivity index (χ0n) is 13.9. The first-order valence-electron chi connectivity index (χ1n) is 8.20. The van der Waals surface area contributed by atoms with Gasteiger partial charge in [-0.1, -0.05) is 42.5 Å². The molecule has 24 heavy (non-hydrogen) atoms. The number of anilines is 1. The molecule has 1 heterocycles. The largest absolute Gasteiger partial charge is 0.366 e. The molecule has 0 aromatic heterocycles. The number of primary amides is 1. The molecule has 1 atom stereocenters. The van der Waals surface area contributed by atoms with Crippen LogP contribution in [0.5, 0.6) is 0 Å². The second-order valence-corrected chi connectivity index (χ2v) is 6.14. The summed E-state index contributed by atoms with van der Waals surface area (Å²) in [7, 11) is 2.10. The van der Waals surface area contributed by atoms with Crippen molar-refractivity contribution in [3.05, 3.63) is 77.9 Å². The fraction of sp³-hybridized carbons (Fsp3) is 0.250. The Balaban J connectivity index is 1.84. The fourth-order valence-electron chi connectivity index (χ4n) is 3.08. The predicted octanol–water partition coefficient (Wildman–Crippen LogP) is 2.83. The van der Waals surface area contributed by atoms with E-state index < -0.39 is 5.91 Å². The van der Waals surface area contributed by atoms with Gasteiger partial charge in [0.15, 0.2) is 0 Å². The Hall–Kier alpha value is -2.59. The fourth-order valence-corrected chi connectivity index (χ4v) is 3.08. The molecule has 2 aromatic rings. The summed E-state index contributed by atoms with van der Waals surface area (Å²) < 4.78 is 0. The maximum absolute atomic E-state index is 11.3. The summed E-state index contributed by atoms with van der Waals surface area (Å²) in [5.74, 6) is -0.396. The van der Waals surface area contributed by atoms with Crippen LogP contribution in [-0.2, 0) is 0 Å². The lowest BCUT2D eigenvalue weighted by molar-refractivity contribution is 0.100. The smallest absolute Gasteiger partial charge is 0.248 e. The van der Waals surface area contributed by atoms with E-state index in [2.05, 4.69) is 53.3 Å². The molecule has 4 heteroatoms.